The van der Waals surface area contributed by atoms with Gasteiger partial charge >= 0.3 is 5.69 Å². The molecule has 1 N–H and O–H groups in total. The molecule has 2 aromatic heterocycles. The van der Waals surface area contributed by atoms with Crippen molar-refractivity contribution in [3.05, 3.63) is 75.1 Å². The number of amides is 1. The summed E-state index contributed by atoms with van der Waals surface area (Å²) >= 11 is 6.14. The van der Waals surface area contributed by atoms with Crippen molar-refractivity contribution in [2.75, 3.05) is 6.54 Å². The molecule has 0 aliphatic rings. The van der Waals surface area contributed by atoms with E-state index in [0.29, 0.717) is 23.0 Å². The van der Waals surface area contributed by atoms with Crippen molar-refractivity contribution >= 4 is 17.5 Å². The van der Waals surface area contributed by atoms with Gasteiger partial charge in [0.05, 0.1) is 5.02 Å². The van der Waals surface area contributed by atoms with Gasteiger partial charge in [0, 0.05) is 30.0 Å². The van der Waals surface area contributed by atoms with Crippen molar-refractivity contribution in [3.63, 3.8) is 0 Å². The van der Waals surface area contributed by atoms with Crippen LogP contribution in [0, 0.1) is 13.8 Å². The lowest BCUT2D eigenvalue weighted by molar-refractivity contribution is 0.0925. The highest BCUT2D eigenvalue weighted by Crippen LogP contribution is 2.28. The number of carbonyl (C=O) groups is 1. The second kappa shape index (κ2) is 7.58. The lowest BCUT2D eigenvalue weighted by Gasteiger charge is -2.10. The molecule has 0 unspecified atom stereocenters. The molecule has 0 atom stereocenters. The van der Waals surface area contributed by atoms with Crippen LogP contribution in [0.15, 0.2) is 51.7 Å². The van der Waals surface area contributed by atoms with Crippen LogP contribution in [0.3, 0.4) is 0 Å². The molecule has 0 saturated carbocycles. The van der Waals surface area contributed by atoms with Gasteiger partial charge in [-0.2, -0.15) is 4.98 Å². The summed E-state index contributed by atoms with van der Waals surface area (Å²) in [6.07, 6.45) is 0. The Hall–Kier alpha value is -2.86. The molecule has 1 amide bonds. The first kappa shape index (κ1) is 17.9. The third-order valence-electron chi connectivity index (χ3n) is 3.94. The second-order valence-corrected chi connectivity index (χ2v) is 6.28. The Morgan fingerprint density at radius 3 is 2.73 bits per heavy atom. The van der Waals surface area contributed by atoms with Gasteiger partial charge in [0.15, 0.2) is 5.76 Å². The first-order valence-electron chi connectivity index (χ1n) is 8.14. The number of nitrogens with one attached hydrogen (secondary N) is 1. The van der Waals surface area contributed by atoms with Crippen molar-refractivity contribution in [3.8, 4) is 11.3 Å². The van der Waals surface area contributed by atoms with Crippen molar-refractivity contribution in [2.45, 2.75) is 20.4 Å². The highest BCUT2D eigenvalue weighted by molar-refractivity contribution is 6.33. The molecule has 26 heavy (non-hydrogen) atoms. The number of aryl methyl sites for hydroxylation is 2. The second-order valence-electron chi connectivity index (χ2n) is 5.87. The Bertz CT molecular complexity index is 1010. The number of nitrogens with zero attached hydrogens (tertiary/aromatic N) is 2. The number of hydrogen-bond donors (Lipinski definition) is 1. The summed E-state index contributed by atoms with van der Waals surface area (Å²) in [6.45, 7) is 4.22. The van der Waals surface area contributed by atoms with E-state index in [1.54, 1.807) is 25.1 Å². The largest absolute Gasteiger partial charge is 0.451 e. The van der Waals surface area contributed by atoms with Gasteiger partial charge in [0.1, 0.15) is 5.76 Å². The Kier molecular flexibility index (Phi) is 5.23. The molecule has 0 fully saturated rings. The van der Waals surface area contributed by atoms with E-state index >= 15 is 0 Å². The van der Waals surface area contributed by atoms with E-state index in [4.69, 9.17) is 16.0 Å². The molecule has 0 aliphatic heterocycles. The van der Waals surface area contributed by atoms with Crippen LogP contribution in [-0.2, 0) is 6.54 Å². The standard InChI is InChI=1S/C19H18ClN3O3/c1-12-11-13(2)23(19(25)22-12)10-9-21-18(24)17-8-7-16(26-17)14-5-3-4-6-15(14)20/h3-8,11H,9-10H2,1-2H3,(H,21,24). The molecular weight excluding hydrogens is 354 g/mol. The average molecular weight is 372 g/mol. The first-order valence-corrected chi connectivity index (χ1v) is 8.51. The SMILES string of the molecule is Cc1cc(C)n(CCNC(=O)c2ccc(-c3ccccc3Cl)o2)c(=O)n1. The molecule has 3 aromatic rings. The van der Waals surface area contributed by atoms with Gasteiger partial charge in [-0.15, -0.1) is 0 Å². The van der Waals surface area contributed by atoms with E-state index in [2.05, 4.69) is 10.3 Å². The predicted octanol–water partition coefficient (Wildman–Crippen LogP) is 3.20. The Morgan fingerprint density at radius 2 is 2.00 bits per heavy atom. The van der Waals surface area contributed by atoms with Crippen LogP contribution in [0.2, 0.25) is 5.02 Å². The van der Waals surface area contributed by atoms with E-state index in [9.17, 15) is 9.59 Å². The predicted molar refractivity (Wildman–Crippen MR) is 99.5 cm³/mol. The maximum absolute atomic E-state index is 12.2. The fourth-order valence-electron chi connectivity index (χ4n) is 2.68. The third-order valence-corrected chi connectivity index (χ3v) is 4.27. The molecule has 0 saturated heterocycles. The number of rotatable bonds is 5. The van der Waals surface area contributed by atoms with Gasteiger partial charge in [-0.05, 0) is 44.2 Å². The summed E-state index contributed by atoms with van der Waals surface area (Å²) in [5.74, 6) is 0.357. The van der Waals surface area contributed by atoms with E-state index in [1.807, 2.05) is 31.2 Å². The molecule has 0 bridgehead atoms. The molecule has 2 heterocycles. The maximum Gasteiger partial charge on any atom is 0.348 e. The number of benzene rings is 1. The number of furan rings is 1. The number of aromatic nitrogens is 2. The zero-order valence-corrected chi connectivity index (χ0v) is 15.2. The highest BCUT2D eigenvalue weighted by Gasteiger charge is 2.13. The number of hydrogen-bond acceptors (Lipinski definition) is 4. The molecule has 6 nitrogen and oxygen atoms in total. The van der Waals surface area contributed by atoms with Gasteiger partial charge in [-0.25, -0.2) is 4.79 Å². The van der Waals surface area contributed by atoms with Crippen LogP contribution in [0.5, 0.6) is 0 Å². The normalized spacial score (nSPS) is 10.7. The van der Waals surface area contributed by atoms with Crippen LogP contribution < -0.4 is 11.0 Å². The molecule has 1 aromatic carbocycles. The summed E-state index contributed by atoms with van der Waals surface area (Å²) < 4.78 is 7.12. The minimum Gasteiger partial charge on any atom is -0.451 e. The lowest BCUT2D eigenvalue weighted by Crippen LogP contribution is -2.32. The van der Waals surface area contributed by atoms with Gasteiger partial charge in [0.2, 0.25) is 0 Å². The average Bonchev–Trinajstić information content (AvgIpc) is 3.07. The monoisotopic (exact) mass is 371 g/mol. The number of carbonyl (C=O) groups excluding carboxylic acids is 1. The summed E-state index contributed by atoms with van der Waals surface area (Å²) in [6, 6.07) is 12.4. The van der Waals surface area contributed by atoms with Crippen LogP contribution in [0.25, 0.3) is 11.3 Å². The topological polar surface area (TPSA) is 77.1 Å². The summed E-state index contributed by atoms with van der Waals surface area (Å²) in [7, 11) is 0. The van der Waals surface area contributed by atoms with Crippen molar-refractivity contribution < 1.29 is 9.21 Å². The third kappa shape index (κ3) is 3.86. The van der Waals surface area contributed by atoms with Crippen LogP contribution in [0.4, 0.5) is 0 Å². The van der Waals surface area contributed by atoms with Crippen molar-refractivity contribution in [2.24, 2.45) is 0 Å². The molecule has 7 heteroatoms. The first-order chi connectivity index (χ1) is 12.5. The van der Waals surface area contributed by atoms with Crippen LogP contribution >= 0.6 is 11.6 Å². The smallest absolute Gasteiger partial charge is 0.348 e. The van der Waals surface area contributed by atoms with Gasteiger partial charge < -0.3 is 9.73 Å². The quantitative estimate of drug-likeness (QED) is 0.747. The number of halogens is 1. The minimum absolute atomic E-state index is 0.186. The molecule has 0 spiro atoms. The van der Waals surface area contributed by atoms with Crippen LogP contribution in [-0.4, -0.2) is 22.0 Å². The zero-order chi connectivity index (χ0) is 18.7. The Morgan fingerprint density at radius 1 is 1.23 bits per heavy atom. The van der Waals surface area contributed by atoms with E-state index in [-0.39, 0.29) is 23.9 Å². The molecule has 0 aliphatic carbocycles. The Balaban J connectivity index is 1.65. The van der Waals surface area contributed by atoms with E-state index in [0.717, 1.165) is 11.3 Å². The van der Waals surface area contributed by atoms with Crippen molar-refractivity contribution in [1.82, 2.24) is 14.9 Å². The van der Waals surface area contributed by atoms with E-state index in [1.165, 1.54) is 4.57 Å². The molecular formula is C19H18ClN3O3. The Labute approximate surface area is 155 Å². The zero-order valence-electron chi connectivity index (χ0n) is 14.5. The fraction of sp³-hybridized carbons (Fsp3) is 0.211. The van der Waals surface area contributed by atoms with Gasteiger partial charge in [-0.1, -0.05) is 23.7 Å². The lowest BCUT2D eigenvalue weighted by atomic mass is 10.2. The maximum atomic E-state index is 12.2. The van der Waals surface area contributed by atoms with E-state index < -0.39 is 0 Å². The molecule has 134 valence electrons. The molecule has 3 rings (SSSR count). The fourth-order valence-corrected chi connectivity index (χ4v) is 2.91. The van der Waals surface area contributed by atoms with Crippen molar-refractivity contribution in [1.29, 1.82) is 0 Å². The summed E-state index contributed by atoms with van der Waals surface area (Å²) in [4.78, 5) is 28.1. The summed E-state index contributed by atoms with van der Waals surface area (Å²) in [5, 5.41) is 3.29. The van der Waals surface area contributed by atoms with Gasteiger partial charge in [0.25, 0.3) is 5.91 Å². The minimum atomic E-state index is -0.353. The van der Waals surface area contributed by atoms with Gasteiger partial charge in [-0.3, -0.25) is 9.36 Å². The molecule has 0 radical (unpaired) electrons. The summed E-state index contributed by atoms with van der Waals surface area (Å²) in [5.41, 5.74) is 1.88. The highest BCUT2D eigenvalue weighted by atomic mass is 35.5. The van der Waals surface area contributed by atoms with Crippen LogP contribution in [0.1, 0.15) is 21.9 Å².